The van der Waals surface area contributed by atoms with Crippen LogP contribution in [0, 0.1) is 0 Å². The Hall–Kier alpha value is -4.39. The van der Waals surface area contributed by atoms with Crippen LogP contribution in [0.4, 0.5) is 5.95 Å². The molecule has 1 aromatic heterocycles. The fraction of sp³-hybridized carbons (Fsp3) is 0.179. The third-order valence-electron chi connectivity index (χ3n) is 6.86. The van der Waals surface area contributed by atoms with Crippen molar-refractivity contribution in [2.24, 2.45) is 0 Å². The molecule has 3 N–H and O–H groups in total. The standard InChI is InChI=1S/C28H23N3O4/c32-20-9-5-8-18(15-20)24-23(25(33)19-13-12-16-6-1-2-7-17(16)14-19)26(34)27(35)31(24)28-29-21-10-3-4-11-22(21)30-28/h3-5,8-15,24,32-33H,1-2,6-7H2,(H,29,30)/b25-23+. The number of Topliss-reactive ketones (excluding diaryl/α,β-unsaturated/α-hetero) is 1. The van der Waals surface area contributed by atoms with E-state index in [4.69, 9.17) is 0 Å². The van der Waals surface area contributed by atoms with Gasteiger partial charge in [0.25, 0.3) is 5.78 Å². The fourth-order valence-corrected chi connectivity index (χ4v) is 5.15. The summed E-state index contributed by atoms with van der Waals surface area (Å²) in [6, 6.07) is 18.4. The first kappa shape index (κ1) is 21.2. The number of H-pyrrole nitrogens is 1. The molecule has 6 rings (SSSR count). The molecule has 4 aromatic rings. The zero-order chi connectivity index (χ0) is 24.1. The molecule has 0 radical (unpaired) electrons. The quantitative estimate of drug-likeness (QED) is 0.229. The van der Waals surface area contributed by atoms with E-state index in [1.807, 2.05) is 36.4 Å². The molecule has 1 amide bonds. The largest absolute Gasteiger partial charge is 0.508 e. The molecule has 1 fully saturated rings. The van der Waals surface area contributed by atoms with Crippen molar-refractivity contribution in [1.29, 1.82) is 0 Å². The van der Waals surface area contributed by atoms with Crippen LogP contribution in [0.3, 0.4) is 0 Å². The van der Waals surface area contributed by atoms with Crippen molar-refractivity contribution < 1.29 is 19.8 Å². The second-order valence-corrected chi connectivity index (χ2v) is 9.03. The van der Waals surface area contributed by atoms with Crippen molar-refractivity contribution in [3.63, 3.8) is 0 Å². The van der Waals surface area contributed by atoms with Gasteiger partial charge in [-0.2, -0.15) is 0 Å². The highest BCUT2D eigenvalue weighted by atomic mass is 16.3. The van der Waals surface area contributed by atoms with E-state index in [0.717, 1.165) is 31.2 Å². The van der Waals surface area contributed by atoms with E-state index in [0.29, 0.717) is 22.2 Å². The van der Waals surface area contributed by atoms with Crippen LogP contribution in [-0.2, 0) is 22.4 Å². The summed E-state index contributed by atoms with van der Waals surface area (Å²) in [4.78, 5) is 35.6. The molecule has 1 atom stereocenters. The van der Waals surface area contributed by atoms with Gasteiger partial charge < -0.3 is 15.2 Å². The Kier molecular flexibility index (Phi) is 4.91. The molecule has 7 heteroatoms. The van der Waals surface area contributed by atoms with E-state index in [1.54, 1.807) is 18.2 Å². The number of imidazole rings is 1. The predicted octanol–water partition coefficient (Wildman–Crippen LogP) is 4.77. The summed E-state index contributed by atoms with van der Waals surface area (Å²) in [6.45, 7) is 0. The van der Waals surface area contributed by atoms with Crippen molar-refractivity contribution in [2.75, 3.05) is 4.90 Å². The summed E-state index contributed by atoms with van der Waals surface area (Å²) in [5.41, 5.74) is 4.72. The van der Waals surface area contributed by atoms with Crippen LogP contribution in [0.15, 0.2) is 72.3 Å². The highest BCUT2D eigenvalue weighted by Gasteiger charge is 2.48. The zero-order valence-electron chi connectivity index (χ0n) is 18.9. The number of phenols is 1. The number of fused-ring (bicyclic) bond motifs is 2. The minimum Gasteiger partial charge on any atom is -0.508 e. The van der Waals surface area contributed by atoms with E-state index in [2.05, 4.69) is 9.97 Å². The molecular formula is C28H23N3O4. The first-order chi connectivity index (χ1) is 17.0. The molecule has 35 heavy (non-hydrogen) atoms. The van der Waals surface area contributed by atoms with Crippen LogP contribution in [-0.4, -0.2) is 31.9 Å². The Balaban J connectivity index is 1.55. The molecule has 1 aliphatic heterocycles. The topological polar surface area (TPSA) is 107 Å². The number of hydrogen-bond acceptors (Lipinski definition) is 5. The van der Waals surface area contributed by atoms with E-state index in [9.17, 15) is 19.8 Å². The lowest BCUT2D eigenvalue weighted by atomic mass is 9.88. The smallest absolute Gasteiger partial charge is 0.302 e. The number of nitrogens with one attached hydrogen (secondary N) is 1. The lowest BCUT2D eigenvalue weighted by Gasteiger charge is -2.23. The summed E-state index contributed by atoms with van der Waals surface area (Å²) >= 11 is 0. The maximum Gasteiger partial charge on any atom is 0.302 e. The number of anilines is 1. The summed E-state index contributed by atoms with van der Waals surface area (Å²) < 4.78 is 0. The van der Waals surface area contributed by atoms with E-state index in [-0.39, 0.29) is 23.0 Å². The summed E-state index contributed by atoms with van der Waals surface area (Å²) in [5, 5.41) is 21.6. The van der Waals surface area contributed by atoms with Crippen molar-refractivity contribution >= 4 is 34.4 Å². The van der Waals surface area contributed by atoms with E-state index < -0.39 is 17.7 Å². The van der Waals surface area contributed by atoms with Gasteiger partial charge in [-0.15, -0.1) is 0 Å². The SMILES string of the molecule is O=C1C(=O)N(c2nc3ccccc3[nH]2)C(c2cccc(O)c2)/C1=C(\O)c1ccc2c(c1)CCCC2. The number of carbonyl (C=O) groups is 2. The Morgan fingerprint density at radius 2 is 1.74 bits per heavy atom. The Bertz CT molecular complexity index is 1500. The van der Waals surface area contributed by atoms with Crippen LogP contribution in [0.5, 0.6) is 5.75 Å². The van der Waals surface area contributed by atoms with Gasteiger partial charge in [0.05, 0.1) is 22.6 Å². The molecule has 1 aliphatic carbocycles. The Morgan fingerprint density at radius 3 is 2.54 bits per heavy atom. The number of carbonyl (C=O) groups excluding carboxylic acids is 2. The fourth-order valence-electron chi connectivity index (χ4n) is 5.15. The molecule has 3 aromatic carbocycles. The van der Waals surface area contributed by atoms with Gasteiger partial charge in [-0.25, -0.2) is 4.98 Å². The molecule has 2 heterocycles. The predicted molar refractivity (Wildman–Crippen MR) is 132 cm³/mol. The zero-order valence-corrected chi connectivity index (χ0v) is 18.9. The average molecular weight is 466 g/mol. The lowest BCUT2D eigenvalue weighted by Crippen LogP contribution is -2.30. The highest BCUT2D eigenvalue weighted by molar-refractivity contribution is 6.51. The van der Waals surface area contributed by atoms with Crippen molar-refractivity contribution in [1.82, 2.24) is 9.97 Å². The number of ketones is 1. The van der Waals surface area contributed by atoms with Crippen LogP contribution in [0.1, 0.15) is 41.1 Å². The third-order valence-corrected chi connectivity index (χ3v) is 6.86. The minimum absolute atomic E-state index is 0.00789. The lowest BCUT2D eigenvalue weighted by molar-refractivity contribution is -0.132. The maximum absolute atomic E-state index is 13.4. The van der Waals surface area contributed by atoms with Crippen molar-refractivity contribution in [2.45, 2.75) is 31.7 Å². The van der Waals surface area contributed by atoms with Gasteiger partial charge in [-0.3, -0.25) is 14.5 Å². The molecule has 0 spiro atoms. The number of aromatic hydroxyl groups is 1. The van der Waals surface area contributed by atoms with Crippen LogP contribution in [0.25, 0.3) is 16.8 Å². The number of hydrogen-bond donors (Lipinski definition) is 3. The van der Waals surface area contributed by atoms with Gasteiger partial charge in [0, 0.05) is 5.56 Å². The molecule has 7 nitrogen and oxygen atoms in total. The normalized spacial score (nSPS) is 19.3. The molecule has 0 bridgehead atoms. The van der Waals surface area contributed by atoms with Crippen molar-refractivity contribution in [3.8, 4) is 5.75 Å². The first-order valence-corrected chi connectivity index (χ1v) is 11.7. The Morgan fingerprint density at radius 1 is 0.943 bits per heavy atom. The third kappa shape index (κ3) is 3.47. The molecule has 1 unspecified atom stereocenters. The van der Waals surface area contributed by atoms with Gasteiger partial charge in [0.15, 0.2) is 0 Å². The van der Waals surface area contributed by atoms with Gasteiger partial charge in [-0.05, 0) is 72.7 Å². The van der Waals surface area contributed by atoms with Crippen LogP contribution < -0.4 is 4.90 Å². The molecule has 0 saturated carbocycles. The van der Waals surface area contributed by atoms with Gasteiger partial charge in [0.1, 0.15) is 11.5 Å². The second kappa shape index (κ2) is 8.13. The van der Waals surface area contributed by atoms with Crippen molar-refractivity contribution in [3.05, 3.63) is 94.6 Å². The number of aromatic nitrogens is 2. The van der Waals surface area contributed by atoms with Gasteiger partial charge in [-0.1, -0.05) is 36.4 Å². The van der Waals surface area contributed by atoms with Crippen LogP contribution >= 0.6 is 0 Å². The summed E-state index contributed by atoms with van der Waals surface area (Å²) in [7, 11) is 0. The number of para-hydroxylation sites is 2. The van der Waals surface area contributed by atoms with Gasteiger partial charge >= 0.3 is 5.91 Å². The Labute approximate surface area is 201 Å². The molecule has 1 saturated heterocycles. The average Bonchev–Trinajstić information content (AvgIpc) is 3.41. The number of aliphatic hydroxyl groups is 1. The highest BCUT2D eigenvalue weighted by Crippen LogP contribution is 2.42. The number of benzene rings is 3. The molecule has 2 aliphatic rings. The number of aryl methyl sites for hydroxylation is 2. The number of aliphatic hydroxyl groups excluding tert-OH is 1. The number of amides is 1. The monoisotopic (exact) mass is 465 g/mol. The van der Waals surface area contributed by atoms with Crippen LogP contribution in [0.2, 0.25) is 0 Å². The number of aromatic amines is 1. The number of rotatable bonds is 3. The molecule has 174 valence electrons. The number of phenolic OH excluding ortho intramolecular Hbond substituents is 1. The number of nitrogens with zero attached hydrogens (tertiary/aromatic N) is 2. The van der Waals surface area contributed by atoms with E-state index >= 15 is 0 Å². The second-order valence-electron chi connectivity index (χ2n) is 9.03. The summed E-state index contributed by atoms with van der Waals surface area (Å²) in [5.74, 6) is -1.63. The maximum atomic E-state index is 13.4. The minimum atomic E-state index is -0.960. The summed E-state index contributed by atoms with van der Waals surface area (Å²) in [6.07, 6.45) is 4.13. The van der Waals surface area contributed by atoms with Gasteiger partial charge in [0.2, 0.25) is 5.95 Å². The first-order valence-electron chi connectivity index (χ1n) is 11.7. The molecular weight excluding hydrogens is 442 g/mol. The van der Waals surface area contributed by atoms with E-state index in [1.165, 1.54) is 22.6 Å².